The van der Waals surface area contributed by atoms with E-state index in [-0.39, 0.29) is 6.04 Å². The quantitative estimate of drug-likeness (QED) is 0.743. The summed E-state index contributed by atoms with van der Waals surface area (Å²) in [5, 5.41) is 0. The zero-order valence-corrected chi connectivity index (χ0v) is 14.4. The van der Waals surface area contributed by atoms with Gasteiger partial charge in [-0.3, -0.25) is 0 Å². The monoisotopic (exact) mass is 287 g/mol. The van der Waals surface area contributed by atoms with Crippen molar-refractivity contribution >= 4 is 0 Å². The number of rotatable bonds is 6. The molecular weight excluding hydrogens is 254 g/mol. The Morgan fingerprint density at radius 3 is 2.29 bits per heavy atom. The molecule has 1 aliphatic rings. The maximum atomic E-state index is 6.88. The molecule has 0 heterocycles. The molecule has 1 fully saturated rings. The van der Waals surface area contributed by atoms with Crippen molar-refractivity contribution < 1.29 is 0 Å². The Morgan fingerprint density at radius 2 is 1.76 bits per heavy atom. The molecule has 2 rings (SSSR count). The van der Waals surface area contributed by atoms with Crippen LogP contribution >= 0.6 is 0 Å². The summed E-state index contributed by atoms with van der Waals surface area (Å²) in [6.07, 6.45) is 8.79. The average Bonchev–Trinajstić information content (AvgIpc) is 2.94. The lowest BCUT2D eigenvalue weighted by atomic mass is 9.69. The fourth-order valence-electron chi connectivity index (χ4n) is 4.34. The van der Waals surface area contributed by atoms with Crippen LogP contribution in [0.25, 0.3) is 0 Å². The lowest BCUT2D eigenvalue weighted by Gasteiger charge is -2.38. The predicted molar refractivity (Wildman–Crippen MR) is 92.5 cm³/mol. The summed E-state index contributed by atoms with van der Waals surface area (Å²) in [6.45, 7) is 9.17. The van der Waals surface area contributed by atoms with Crippen LogP contribution in [0.5, 0.6) is 0 Å². The molecule has 1 saturated carbocycles. The highest BCUT2D eigenvalue weighted by atomic mass is 14.7. The Morgan fingerprint density at radius 1 is 1.10 bits per heavy atom. The van der Waals surface area contributed by atoms with Crippen molar-refractivity contribution in [3.8, 4) is 0 Å². The molecule has 0 radical (unpaired) electrons. The molecule has 1 nitrogen and oxygen atoms in total. The van der Waals surface area contributed by atoms with Crippen LogP contribution in [0.2, 0.25) is 0 Å². The third-order valence-electron chi connectivity index (χ3n) is 5.41. The lowest BCUT2D eigenvalue weighted by molar-refractivity contribution is 0.183. The van der Waals surface area contributed by atoms with E-state index < -0.39 is 0 Å². The molecule has 0 amide bonds. The van der Waals surface area contributed by atoms with Gasteiger partial charge in [0.25, 0.3) is 0 Å². The maximum absolute atomic E-state index is 6.88. The molecule has 1 aliphatic carbocycles. The number of hydrogen-bond donors (Lipinski definition) is 1. The van der Waals surface area contributed by atoms with Crippen molar-refractivity contribution in [2.45, 2.75) is 78.7 Å². The minimum Gasteiger partial charge on any atom is -0.323 e. The Bertz CT molecular complexity index is 455. The summed E-state index contributed by atoms with van der Waals surface area (Å²) in [6, 6.07) is 7.19. The zero-order valence-electron chi connectivity index (χ0n) is 14.4. The summed E-state index contributed by atoms with van der Waals surface area (Å²) in [5.74, 6) is 0.730. The van der Waals surface area contributed by atoms with Crippen LogP contribution in [0, 0.1) is 11.3 Å². The molecule has 2 N–H and O–H groups in total. The van der Waals surface area contributed by atoms with Crippen LogP contribution < -0.4 is 5.73 Å². The molecule has 118 valence electrons. The normalized spacial score (nSPS) is 19.1. The van der Waals surface area contributed by atoms with Crippen molar-refractivity contribution in [3.63, 3.8) is 0 Å². The topological polar surface area (TPSA) is 26.0 Å². The third-order valence-corrected chi connectivity index (χ3v) is 5.41. The third kappa shape index (κ3) is 3.51. The van der Waals surface area contributed by atoms with Crippen LogP contribution in [0.4, 0.5) is 0 Å². The first-order valence-electron chi connectivity index (χ1n) is 8.89. The highest BCUT2D eigenvalue weighted by molar-refractivity contribution is 5.36. The van der Waals surface area contributed by atoms with Gasteiger partial charge >= 0.3 is 0 Å². The SMILES string of the molecule is CCc1ccc(CC)c(C(N)C2(CC(C)C)CCCC2)c1. The molecule has 0 spiro atoms. The predicted octanol–water partition coefficient (Wildman–Crippen LogP) is 5.42. The standard InChI is InChI=1S/C20H33N/c1-5-16-9-10-17(6-2)18(13-16)19(21)20(14-15(3)4)11-7-8-12-20/h9-10,13,15,19H,5-8,11-12,14,21H2,1-4H3. The molecule has 0 bridgehead atoms. The van der Waals surface area contributed by atoms with E-state index in [1.54, 1.807) is 0 Å². The number of benzene rings is 1. The molecule has 1 unspecified atom stereocenters. The Kier molecular flexibility index (Phi) is 5.48. The van der Waals surface area contributed by atoms with Gasteiger partial charge in [-0.15, -0.1) is 0 Å². The first-order chi connectivity index (χ1) is 10.0. The molecule has 0 aromatic heterocycles. The van der Waals surface area contributed by atoms with Gasteiger partial charge in [0.1, 0.15) is 0 Å². The first kappa shape index (κ1) is 16.5. The first-order valence-corrected chi connectivity index (χ1v) is 8.89. The highest BCUT2D eigenvalue weighted by Crippen LogP contribution is 2.51. The van der Waals surface area contributed by atoms with E-state index in [1.165, 1.54) is 48.8 Å². The second-order valence-corrected chi connectivity index (χ2v) is 7.39. The molecule has 1 atom stereocenters. The minimum atomic E-state index is 0.212. The van der Waals surface area contributed by atoms with Crippen LogP contribution in [0.3, 0.4) is 0 Å². The molecule has 1 heteroatoms. The van der Waals surface area contributed by atoms with E-state index in [2.05, 4.69) is 45.9 Å². The molecule has 1 aromatic rings. The van der Waals surface area contributed by atoms with Gasteiger partial charge in [0.05, 0.1) is 0 Å². The van der Waals surface area contributed by atoms with Gasteiger partial charge in [0.15, 0.2) is 0 Å². The Labute approximate surface area is 131 Å². The van der Waals surface area contributed by atoms with Crippen molar-refractivity contribution in [2.24, 2.45) is 17.1 Å². The second-order valence-electron chi connectivity index (χ2n) is 7.39. The Balaban J connectivity index is 2.38. The van der Waals surface area contributed by atoms with E-state index in [4.69, 9.17) is 5.73 Å². The van der Waals surface area contributed by atoms with Gasteiger partial charge in [-0.1, -0.05) is 58.7 Å². The summed E-state index contributed by atoms with van der Waals surface area (Å²) >= 11 is 0. The Hall–Kier alpha value is -0.820. The van der Waals surface area contributed by atoms with E-state index >= 15 is 0 Å². The van der Waals surface area contributed by atoms with Gasteiger partial charge in [-0.05, 0) is 60.1 Å². The van der Waals surface area contributed by atoms with Crippen molar-refractivity contribution in [2.75, 3.05) is 0 Å². The zero-order chi connectivity index (χ0) is 15.5. The van der Waals surface area contributed by atoms with E-state index in [1.807, 2.05) is 0 Å². The van der Waals surface area contributed by atoms with Crippen molar-refractivity contribution in [3.05, 3.63) is 34.9 Å². The van der Waals surface area contributed by atoms with Crippen LogP contribution in [0.15, 0.2) is 18.2 Å². The largest absolute Gasteiger partial charge is 0.323 e. The van der Waals surface area contributed by atoms with E-state index in [0.717, 1.165) is 18.8 Å². The summed E-state index contributed by atoms with van der Waals surface area (Å²) in [7, 11) is 0. The van der Waals surface area contributed by atoms with E-state index in [9.17, 15) is 0 Å². The fourth-order valence-corrected chi connectivity index (χ4v) is 4.34. The van der Waals surface area contributed by atoms with Gasteiger partial charge in [-0.2, -0.15) is 0 Å². The number of nitrogens with two attached hydrogens (primary N) is 1. The number of aryl methyl sites for hydroxylation is 2. The molecule has 1 aromatic carbocycles. The summed E-state index contributed by atoms with van der Waals surface area (Å²) in [4.78, 5) is 0. The van der Waals surface area contributed by atoms with E-state index in [0.29, 0.717) is 5.41 Å². The maximum Gasteiger partial charge on any atom is 0.0355 e. The van der Waals surface area contributed by atoms with Crippen LogP contribution in [0.1, 0.15) is 82.5 Å². The molecular formula is C20H33N. The smallest absolute Gasteiger partial charge is 0.0355 e. The molecule has 0 saturated heterocycles. The summed E-state index contributed by atoms with van der Waals surface area (Å²) in [5.41, 5.74) is 11.5. The second kappa shape index (κ2) is 6.96. The summed E-state index contributed by atoms with van der Waals surface area (Å²) < 4.78 is 0. The van der Waals surface area contributed by atoms with Gasteiger partial charge < -0.3 is 5.73 Å². The fraction of sp³-hybridized carbons (Fsp3) is 0.700. The number of hydrogen-bond acceptors (Lipinski definition) is 1. The lowest BCUT2D eigenvalue weighted by Crippen LogP contribution is -2.34. The highest BCUT2D eigenvalue weighted by Gasteiger charge is 2.41. The average molecular weight is 287 g/mol. The van der Waals surface area contributed by atoms with Crippen molar-refractivity contribution in [1.29, 1.82) is 0 Å². The van der Waals surface area contributed by atoms with Gasteiger partial charge in [-0.25, -0.2) is 0 Å². The van der Waals surface area contributed by atoms with Gasteiger partial charge in [0.2, 0.25) is 0 Å². The van der Waals surface area contributed by atoms with Gasteiger partial charge in [0, 0.05) is 6.04 Å². The van der Waals surface area contributed by atoms with Crippen LogP contribution in [-0.4, -0.2) is 0 Å². The minimum absolute atomic E-state index is 0.212. The molecule has 0 aliphatic heterocycles. The molecule has 21 heavy (non-hydrogen) atoms. The van der Waals surface area contributed by atoms with Crippen LogP contribution in [-0.2, 0) is 12.8 Å². The van der Waals surface area contributed by atoms with Crippen molar-refractivity contribution in [1.82, 2.24) is 0 Å².